The van der Waals surface area contributed by atoms with Gasteiger partial charge in [-0.3, -0.25) is 0 Å². The van der Waals surface area contributed by atoms with Gasteiger partial charge in [0.05, 0.1) is 0 Å². The van der Waals surface area contributed by atoms with E-state index in [1.807, 2.05) is 27.7 Å². The minimum Gasteiger partial charge on any atom is -0.444 e. The highest BCUT2D eigenvalue weighted by Crippen LogP contribution is 2.16. The number of carbonyl (C=O) groups is 1. The van der Waals surface area contributed by atoms with E-state index in [2.05, 4.69) is 34.7 Å². The fraction of sp³-hybridized carbons (Fsp3) is 0.786. The van der Waals surface area contributed by atoms with Crippen LogP contribution in [0.25, 0.3) is 0 Å². The Labute approximate surface area is 130 Å². The number of aryl methyl sites for hydroxylation is 1. The SMILES string of the molecule is Cc1nnc(NCC(CNC(=O)OC(C)(C)C)C(C)C)s1. The van der Waals surface area contributed by atoms with Crippen LogP contribution in [0.3, 0.4) is 0 Å². The molecule has 21 heavy (non-hydrogen) atoms. The molecule has 0 aromatic carbocycles. The van der Waals surface area contributed by atoms with Gasteiger partial charge in [0, 0.05) is 13.1 Å². The van der Waals surface area contributed by atoms with Crippen LogP contribution in [0.4, 0.5) is 9.93 Å². The molecule has 0 fully saturated rings. The van der Waals surface area contributed by atoms with Crippen LogP contribution in [-0.4, -0.2) is 35.0 Å². The van der Waals surface area contributed by atoms with Crippen LogP contribution in [0.2, 0.25) is 0 Å². The van der Waals surface area contributed by atoms with Crippen molar-refractivity contribution in [1.82, 2.24) is 15.5 Å². The van der Waals surface area contributed by atoms with E-state index >= 15 is 0 Å². The minimum absolute atomic E-state index is 0.293. The topological polar surface area (TPSA) is 76.1 Å². The van der Waals surface area contributed by atoms with Gasteiger partial charge in [-0.25, -0.2) is 4.79 Å². The highest BCUT2D eigenvalue weighted by molar-refractivity contribution is 7.15. The van der Waals surface area contributed by atoms with Gasteiger partial charge < -0.3 is 15.4 Å². The molecule has 0 aliphatic carbocycles. The molecule has 0 spiro atoms. The minimum atomic E-state index is -0.472. The molecule has 1 heterocycles. The summed E-state index contributed by atoms with van der Waals surface area (Å²) in [5, 5.41) is 15.9. The molecule has 7 heteroatoms. The molecule has 0 aliphatic heterocycles. The lowest BCUT2D eigenvalue weighted by Crippen LogP contribution is -2.38. The van der Waals surface area contributed by atoms with E-state index in [4.69, 9.17) is 4.74 Å². The van der Waals surface area contributed by atoms with Gasteiger partial charge in [-0.15, -0.1) is 10.2 Å². The van der Waals surface area contributed by atoms with Crippen molar-refractivity contribution in [1.29, 1.82) is 0 Å². The predicted molar refractivity (Wildman–Crippen MR) is 85.7 cm³/mol. The number of hydrogen-bond donors (Lipinski definition) is 2. The highest BCUT2D eigenvalue weighted by atomic mass is 32.1. The second kappa shape index (κ2) is 7.59. The van der Waals surface area contributed by atoms with Gasteiger partial charge in [-0.2, -0.15) is 0 Å². The normalized spacial score (nSPS) is 13.1. The Hall–Kier alpha value is -1.37. The van der Waals surface area contributed by atoms with Crippen LogP contribution in [0.15, 0.2) is 0 Å². The van der Waals surface area contributed by atoms with E-state index in [0.717, 1.165) is 16.7 Å². The average Bonchev–Trinajstić information content (AvgIpc) is 2.72. The standard InChI is InChI=1S/C14H26N4O2S/c1-9(2)11(7-15-12-18-17-10(3)21-12)8-16-13(19)20-14(4,5)6/h9,11H,7-8H2,1-6H3,(H,15,18)(H,16,19). The molecule has 0 radical (unpaired) electrons. The van der Waals surface area contributed by atoms with Crippen LogP contribution >= 0.6 is 11.3 Å². The van der Waals surface area contributed by atoms with Crippen LogP contribution in [0, 0.1) is 18.8 Å². The maximum Gasteiger partial charge on any atom is 0.407 e. The summed E-state index contributed by atoms with van der Waals surface area (Å²) >= 11 is 1.53. The van der Waals surface area contributed by atoms with Gasteiger partial charge in [0.2, 0.25) is 5.13 Å². The Morgan fingerprint density at radius 1 is 1.29 bits per heavy atom. The summed E-state index contributed by atoms with van der Waals surface area (Å²) in [5.41, 5.74) is -0.472. The van der Waals surface area contributed by atoms with Gasteiger partial charge in [0.15, 0.2) is 0 Å². The molecule has 0 saturated heterocycles. The molecular formula is C14H26N4O2S. The lowest BCUT2D eigenvalue weighted by Gasteiger charge is -2.24. The molecule has 6 nitrogen and oxygen atoms in total. The van der Waals surface area contributed by atoms with Crippen LogP contribution in [0.1, 0.15) is 39.6 Å². The summed E-state index contributed by atoms with van der Waals surface area (Å²) < 4.78 is 5.24. The highest BCUT2D eigenvalue weighted by Gasteiger charge is 2.19. The average molecular weight is 314 g/mol. The molecule has 1 rings (SSSR count). The number of hydrogen-bond acceptors (Lipinski definition) is 6. The molecular weight excluding hydrogens is 288 g/mol. The van der Waals surface area contributed by atoms with Crippen LogP contribution in [-0.2, 0) is 4.74 Å². The molecule has 1 atom stereocenters. The molecule has 1 unspecified atom stereocenters. The van der Waals surface area contributed by atoms with Gasteiger partial charge in [-0.05, 0) is 39.5 Å². The number of aromatic nitrogens is 2. The van der Waals surface area contributed by atoms with Crippen LogP contribution in [0.5, 0.6) is 0 Å². The maximum atomic E-state index is 11.7. The van der Waals surface area contributed by atoms with Crippen molar-refractivity contribution in [3.63, 3.8) is 0 Å². The van der Waals surface area contributed by atoms with Gasteiger partial charge >= 0.3 is 6.09 Å². The molecule has 0 saturated carbocycles. The molecule has 0 aliphatic rings. The first-order valence-electron chi connectivity index (χ1n) is 7.18. The molecule has 2 N–H and O–H groups in total. The Bertz CT molecular complexity index is 454. The first kappa shape index (κ1) is 17.7. The van der Waals surface area contributed by atoms with Crippen molar-refractivity contribution < 1.29 is 9.53 Å². The van der Waals surface area contributed by atoms with Crippen molar-refractivity contribution in [2.24, 2.45) is 11.8 Å². The van der Waals surface area contributed by atoms with Crippen molar-refractivity contribution in [3.8, 4) is 0 Å². The number of anilines is 1. The fourth-order valence-corrected chi connectivity index (χ4v) is 2.26. The van der Waals surface area contributed by atoms with Crippen molar-refractivity contribution in [2.75, 3.05) is 18.4 Å². The zero-order valence-corrected chi connectivity index (χ0v) is 14.5. The Kier molecular flexibility index (Phi) is 6.39. The second-order valence-electron chi connectivity index (χ2n) is 6.39. The van der Waals surface area contributed by atoms with Crippen molar-refractivity contribution >= 4 is 22.6 Å². The maximum absolute atomic E-state index is 11.7. The summed E-state index contributed by atoms with van der Waals surface area (Å²) in [6.07, 6.45) is -0.375. The molecule has 1 aromatic rings. The van der Waals surface area contributed by atoms with E-state index in [1.165, 1.54) is 11.3 Å². The number of rotatable bonds is 6. The van der Waals surface area contributed by atoms with E-state index in [9.17, 15) is 4.79 Å². The Morgan fingerprint density at radius 3 is 2.43 bits per heavy atom. The quantitative estimate of drug-likeness (QED) is 0.844. The van der Waals surface area contributed by atoms with E-state index in [0.29, 0.717) is 18.4 Å². The lowest BCUT2D eigenvalue weighted by atomic mass is 9.96. The smallest absolute Gasteiger partial charge is 0.407 e. The zero-order valence-electron chi connectivity index (χ0n) is 13.7. The third kappa shape index (κ3) is 7.27. The Morgan fingerprint density at radius 2 is 1.95 bits per heavy atom. The first-order valence-corrected chi connectivity index (χ1v) is 8.00. The number of alkyl carbamates (subject to hydrolysis) is 1. The van der Waals surface area contributed by atoms with Crippen molar-refractivity contribution in [2.45, 2.75) is 47.1 Å². The summed E-state index contributed by atoms with van der Waals surface area (Å²) in [6.45, 7) is 13.1. The number of nitrogens with one attached hydrogen (secondary N) is 2. The molecule has 120 valence electrons. The second-order valence-corrected chi connectivity index (χ2v) is 7.58. The summed E-state index contributed by atoms with van der Waals surface area (Å²) in [6, 6.07) is 0. The van der Waals surface area contributed by atoms with E-state index in [1.54, 1.807) is 0 Å². The third-order valence-corrected chi connectivity index (χ3v) is 3.69. The number of ether oxygens (including phenoxy) is 1. The fourth-order valence-electron chi connectivity index (χ4n) is 1.66. The van der Waals surface area contributed by atoms with Crippen molar-refractivity contribution in [3.05, 3.63) is 5.01 Å². The molecule has 0 bridgehead atoms. The van der Waals surface area contributed by atoms with E-state index < -0.39 is 5.60 Å². The predicted octanol–water partition coefficient (Wildman–Crippen LogP) is 3.06. The van der Waals surface area contributed by atoms with Crippen LogP contribution < -0.4 is 10.6 Å². The molecule has 1 amide bonds. The van der Waals surface area contributed by atoms with Gasteiger partial charge in [0.25, 0.3) is 0 Å². The Balaban J connectivity index is 2.41. The summed E-state index contributed by atoms with van der Waals surface area (Å²) in [5.74, 6) is 0.725. The first-order chi connectivity index (χ1) is 9.67. The third-order valence-electron chi connectivity index (χ3n) is 2.89. The number of carbonyl (C=O) groups excluding carboxylic acids is 1. The number of nitrogens with zero attached hydrogens (tertiary/aromatic N) is 2. The lowest BCUT2D eigenvalue weighted by molar-refractivity contribution is 0.0516. The zero-order chi connectivity index (χ0) is 16.0. The largest absolute Gasteiger partial charge is 0.444 e. The molecule has 1 aromatic heterocycles. The summed E-state index contributed by atoms with van der Waals surface area (Å²) in [4.78, 5) is 11.7. The number of amides is 1. The monoisotopic (exact) mass is 314 g/mol. The van der Waals surface area contributed by atoms with E-state index in [-0.39, 0.29) is 6.09 Å². The van der Waals surface area contributed by atoms with Gasteiger partial charge in [-0.1, -0.05) is 25.2 Å². The van der Waals surface area contributed by atoms with Gasteiger partial charge in [0.1, 0.15) is 10.6 Å². The summed E-state index contributed by atoms with van der Waals surface area (Å²) in [7, 11) is 0.